The predicted octanol–water partition coefficient (Wildman–Crippen LogP) is 0.634. The average Bonchev–Trinajstić information content (AvgIpc) is 2.77. The third kappa shape index (κ3) is 1.89. The molecule has 0 spiro atoms. The Labute approximate surface area is 90.6 Å². The first-order chi connectivity index (χ1) is 7.70. The fraction of sp³-hybridized carbons (Fsp3) is 0.111. The summed E-state index contributed by atoms with van der Waals surface area (Å²) in [5.74, 6) is 0. The Kier molecular flexibility index (Phi) is 2.61. The van der Waals surface area contributed by atoms with Crippen molar-refractivity contribution in [3.63, 3.8) is 0 Å². The maximum atomic E-state index is 10.5. The number of hydrogen-bond acceptors (Lipinski definition) is 5. The van der Waals surface area contributed by atoms with E-state index in [0.717, 1.165) is 0 Å². The van der Waals surface area contributed by atoms with Crippen LogP contribution in [0, 0.1) is 10.1 Å². The summed E-state index contributed by atoms with van der Waals surface area (Å²) in [5, 5.41) is 18.5. The number of nitrogens with zero attached hydrogens (tertiary/aromatic N) is 4. The zero-order chi connectivity index (χ0) is 11.5. The second kappa shape index (κ2) is 4.07. The predicted molar refractivity (Wildman–Crippen MR) is 55.9 cm³/mol. The van der Waals surface area contributed by atoms with Gasteiger partial charge in [-0.2, -0.15) is 15.0 Å². The van der Waals surface area contributed by atoms with E-state index in [0.29, 0.717) is 17.9 Å². The van der Waals surface area contributed by atoms with Gasteiger partial charge in [0, 0.05) is 18.7 Å². The van der Waals surface area contributed by atoms with E-state index >= 15 is 0 Å². The molecule has 0 saturated carbocycles. The monoisotopic (exact) mass is 219 g/mol. The summed E-state index contributed by atoms with van der Waals surface area (Å²) in [4.78, 5) is 11.4. The highest BCUT2D eigenvalue weighted by molar-refractivity contribution is 5.39. The standard InChI is InChI=1S/C9H9N5O2/c10-5-7-6-11-13(12-7)8-1-3-9(4-2-8)14(15)16/h1-4,6H,5,10H2. The molecule has 2 rings (SSSR count). The van der Waals surface area contributed by atoms with Crippen molar-refractivity contribution in [2.45, 2.75) is 6.54 Å². The van der Waals surface area contributed by atoms with Crippen LogP contribution < -0.4 is 5.73 Å². The highest BCUT2D eigenvalue weighted by Crippen LogP contribution is 2.13. The largest absolute Gasteiger partial charge is 0.325 e. The number of non-ortho nitro benzene ring substituents is 1. The van der Waals surface area contributed by atoms with Crippen molar-refractivity contribution in [3.8, 4) is 5.69 Å². The molecule has 0 bridgehead atoms. The van der Waals surface area contributed by atoms with E-state index < -0.39 is 4.92 Å². The van der Waals surface area contributed by atoms with E-state index in [1.165, 1.54) is 16.9 Å². The number of aromatic nitrogens is 3. The number of benzene rings is 1. The Morgan fingerprint density at radius 1 is 1.38 bits per heavy atom. The number of rotatable bonds is 3. The van der Waals surface area contributed by atoms with Crippen LogP contribution in [0.2, 0.25) is 0 Å². The highest BCUT2D eigenvalue weighted by Gasteiger charge is 2.06. The maximum Gasteiger partial charge on any atom is 0.269 e. The van der Waals surface area contributed by atoms with Gasteiger partial charge in [0.2, 0.25) is 0 Å². The van der Waals surface area contributed by atoms with E-state index in [4.69, 9.17) is 5.73 Å². The molecule has 1 aromatic carbocycles. The normalized spacial score (nSPS) is 10.3. The van der Waals surface area contributed by atoms with E-state index in [1.807, 2.05) is 0 Å². The van der Waals surface area contributed by atoms with Crippen molar-refractivity contribution in [3.05, 3.63) is 46.3 Å². The molecule has 0 atom stereocenters. The smallest absolute Gasteiger partial charge is 0.269 e. The summed E-state index contributed by atoms with van der Waals surface area (Å²) in [6, 6.07) is 5.97. The molecule has 0 saturated heterocycles. The van der Waals surface area contributed by atoms with E-state index in [-0.39, 0.29) is 5.69 Å². The molecule has 0 unspecified atom stereocenters. The molecular formula is C9H9N5O2. The first-order valence-electron chi connectivity index (χ1n) is 4.57. The van der Waals surface area contributed by atoms with Crippen molar-refractivity contribution >= 4 is 5.69 Å². The van der Waals surface area contributed by atoms with Gasteiger partial charge in [-0.3, -0.25) is 10.1 Å². The van der Waals surface area contributed by atoms with Crippen LogP contribution in [0.4, 0.5) is 5.69 Å². The maximum absolute atomic E-state index is 10.5. The molecule has 0 radical (unpaired) electrons. The van der Waals surface area contributed by atoms with Crippen molar-refractivity contribution < 1.29 is 4.92 Å². The quantitative estimate of drug-likeness (QED) is 0.602. The Morgan fingerprint density at radius 2 is 2.06 bits per heavy atom. The molecule has 0 aliphatic rings. The number of nitro benzene ring substituents is 1. The SMILES string of the molecule is NCc1cnn(-c2ccc([N+](=O)[O-])cc2)n1. The van der Waals surface area contributed by atoms with Crippen LogP contribution in [0.15, 0.2) is 30.5 Å². The zero-order valence-electron chi connectivity index (χ0n) is 8.28. The molecule has 82 valence electrons. The molecule has 0 aliphatic heterocycles. The van der Waals surface area contributed by atoms with Gasteiger partial charge >= 0.3 is 0 Å². The van der Waals surface area contributed by atoms with Gasteiger partial charge in [0.15, 0.2) is 0 Å². The van der Waals surface area contributed by atoms with Crippen molar-refractivity contribution in [1.29, 1.82) is 0 Å². The van der Waals surface area contributed by atoms with Crippen LogP contribution in [0.3, 0.4) is 0 Å². The number of nitro groups is 1. The molecule has 7 heteroatoms. The first kappa shape index (κ1) is 10.2. The molecule has 1 aromatic heterocycles. The van der Waals surface area contributed by atoms with E-state index in [2.05, 4.69) is 10.2 Å². The summed E-state index contributed by atoms with van der Waals surface area (Å²) < 4.78 is 0. The fourth-order valence-electron chi connectivity index (χ4n) is 1.22. The van der Waals surface area contributed by atoms with E-state index in [9.17, 15) is 10.1 Å². The van der Waals surface area contributed by atoms with Gasteiger partial charge in [-0.1, -0.05) is 0 Å². The summed E-state index contributed by atoms with van der Waals surface area (Å²) in [6.45, 7) is 0.312. The molecule has 1 heterocycles. The van der Waals surface area contributed by atoms with Gasteiger partial charge in [0.05, 0.1) is 22.5 Å². The molecule has 2 N–H and O–H groups in total. The summed E-state index contributed by atoms with van der Waals surface area (Å²) in [5.41, 5.74) is 6.76. The molecule has 2 aromatic rings. The molecule has 7 nitrogen and oxygen atoms in total. The van der Waals surface area contributed by atoms with Gasteiger partial charge < -0.3 is 5.73 Å². The zero-order valence-corrected chi connectivity index (χ0v) is 8.28. The minimum absolute atomic E-state index is 0.0370. The summed E-state index contributed by atoms with van der Waals surface area (Å²) in [6.07, 6.45) is 1.56. The van der Waals surface area contributed by atoms with Crippen LogP contribution in [0.1, 0.15) is 5.69 Å². The second-order valence-electron chi connectivity index (χ2n) is 3.10. The van der Waals surface area contributed by atoms with Crippen LogP contribution in [0.5, 0.6) is 0 Å². The van der Waals surface area contributed by atoms with Crippen molar-refractivity contribution in [2.24, 2.45) is 5.73 Å². The third-order valence-electron chi connectivity index (χ3n) is 2.04. The van der Waals surface area contributed by atoms with Gasteiger partial charge in [-0.15, -0.1) is 0 Å². The summed E-state index contributed by atoms with van der Waals surface area (Å²) >= 11 is 0. The van der Waals surface area contributed by atoms with Gasteiger partial charge in [0.1, 0.15) is 0 Å². The molecule has 0 amide bonds. The lowest BCUT2D eigenvalue weighted by Crippen LogP contribution is -2.01. The Balaban J connectivity index is 2.30. The highest BCUT2D eigenvalue weighted by atomic mass is 16.6. The van der Waals surface area contributed by atoms with Gasteiger partial charge in [0.25, 0.3) is 5.69 Å². The summed E-state index contributed by atoms with van der Waals surface area (Å²) in [7, 11) is 0. The topological polar surface area (TPSA) is 99.9 Å². The Morgan fingerprint density at radius 3 is 2.56 bits per heavy atom. The lowest BCUT2D eigenvalue weighted by Gasteiger charge is -1.98. The van der Waals surface area contributed by atoms with Crippen molar-refractivity contribution in [2.75, 3.05) is 0 Å². The van der Waals surface area contributed by atoms with Crippen LogP contribution in [-0.2, 0) is 6.54 Å². The number of nitrogens with two attached hydrogens (primary N) is 1. The minimum atomic E-state index is -0.453. The minimum Gasteiger partial charge on any atom is -0.325 e. The van der Waals surface area contributed by atoms with Crippen molar-refractivity contribution in [1.82, 2.24) is 15.0 Å². The van der Waals surface area contributed by atoms with Crippen LogP contribution >= 0.6 is 0 Å². The Bertz CT molecular complexity index is 505. The average molecular weight is 219 g/mol. The van der Waals surface area contributed by atoms with Crippen LogP contribution in [0.25, 0.3) is 5.69 Å². The lowest BCUT2D eigenvalue weighted by molar-refractivity contribution is -0.384. The number of hydrogen-bond donors (Lipinski definition) is 1. The second-order valence-corrected chi connectivity index (χ2v) is 3.10. The first-order valence-corrected chi connectivity index (χ1v) is 4.57. The van der Waals surface area contributed by atoms with Gasteiger partial charge in [-0.25, -0.2) is 0 Å². The van der Waals surface area contributed by atoms with Crippen LogP contribution in [-0.4, -0.2) is 19.9 Å². The molecule has 16 heavy (non-hydrogen) atoms. The van der Waals surface area contributed by atoms with Gasteiger partial charge in [-0.05, 0) is 12.1 Å². The molecule has 0 aliphatic carbocycles. The molecular weight excluding hydrogens is 210 g/mol. The fourth-order valence-corrected chi connectivity index (χ4v) is 1.22. The Hall–Kier alpha value is -2.28. The lowest BCUT2D eigenvalue weighted by atomic mass is 10.3. The third-order valence-corrected chi connectivity index (χ3v) is 2.04. The molecule has 0 fully saturated rings. The van der Waals surface area contributed by atoms with E-state index in [1.54, 1.807) is 18.3 Å².